The average molecular weight is 275 g/mol. The number of carbonyl (C=O) groups is 3. The monoisotopic (exact) mass is 275 g/mol. The Morgan fingerprint density at radius 1 is 1.05 bits per heavy atom. The van der Waals surface area contributed by atoms with E-state index in [9.17, 15) is 19.5 Å². The predicted octanol–water partition coefficient (Wildman–Crippen LogP) is -1.52. The molecule has 0 saturated carbocycles. The SMILES string of the molecule is CC(=O)O[C@@H]1[C@@H](O)[C@H](N)OC(C(C)=O)[C@H]1OC(C)=O. The highest BCUT2D eigenvalue weighted by Gasteiger charge is 2.49. The predicted molar refractivity (Wildman–Crippen MR) is 60.6 cm³/mol. The summed E-state index contributed by atoms with van der Waals surface area (Å²) in [7, 11) is 0. The van der Waals surface area contributed by atoms with Crippen LogP contribution in [0.5, 0.6) is 0 Å². The summed E-state index contributed by atoms with van der Waals surface area (Å²) >= 11 is 0. The number of nitrogens with two attached hydrogens (primary N) is 1. The van der Waals surface area contributed by atoms with Crippen LogP contribution in [0.15, 0.2) is 0 Å². The number of Topliss-reactive ketones (excluding diaryl/α,β-unsaturated/α-hetero) is 1. The van der Waals surface area contributed by atoms with Gasteiger partial charge in [0.1, 0.15) is 12.3 Å². The fraction of sp³-hybridized carbons (Fsp3) is 0.727. The second kappa shape index (κ2) is 6.09. The minimum Gasteiger partial charge on any atom is -0.456 e. The van der Waals surface area contributed by atoms with Gasteiger partial charge in [-0.2, -0.15) is 0 Å². The van der Waals surface area contributed by atoms with Gasteiger partial charge in [0.05, 0.1) is 0 Å². The van der Waals surface area contributed by atoms with Crippen LogP contribution in [0.4, 0.5) is 0 Å². The van der Waals surface area contributed by atoms with E-state index in [0.29, 0.717) is 0 Å². The quantitative estimate of drug-likeness (QED) is 0.595. The van der Waals surface area contributed by atoms with Crippen molar-refractivity contribution in [3.63, 3.8) is 0 Å². The number of esters is 2. The molecule has 108 valence electrons. The Morgan fingerprint density at radius 2 is 1.53 bits per heavy atom. The molecule has 1 unspecified atom stereocenters. The molecule has 0 aromatic heterocycles. The van der Waals surface area contributed by atoms with Gasteiger partial charge in [-0.15, -0.1) is 0 Å². The van der Waals surface area contributed by atoms with Crippen LogP contribution in [0.3, 0.4) is 0 Å². The summed E-state index contributed by atoms with van der Waals surface area (Å²) in [4.78, 5) is 33.6. The van der Waals surface area contributed by atoms with E-state index >= 15 is 0 Å². The lowest BCUT2D eigenvalue weighted by molar-refractivity contribution is -0.235. The molecular formula is C11H17NO7. The smallest absolute Gasteiger partial charge is 0.303 e. The molecule has 0 bridgehead atoms. The molecule has 3 N–H and O–H groups in total. The fourth-order valence-corrected chi connectivity index (χ4v) is 1.86. The zero-order chi connectivity index (χ0) is 14.7. The molecule has 1 aliphatic heterocycles. The lowest BCUT2D eigenvalue weighted by Gasteiger charge is -2.41. The number of rotatable bonds is 3. The summed E-state index contributed by atoms with van der Waals surface area (Å²) < 4.78 is 14.9. The topological polar surface area (TPSA) is 125 Å². The van der Waals surface area contributed by atoms with Crippen molar-refractivity contribution in [2.24, 2.45) is 5.73 Å². The number of ether oxygens (including phenoxy) is 3. The van der Waals surface area contributed by atoms with E-state index in [1.165, 1.54) is 6.92 Å². The Hall–Kier alpha value is -1.51. The number of hydrogen-bond acceptors (Lipinski definition) is 8. The average Bonchev–Trinajstić information content (AvgIpc) is 2.26. The van der Waals surface area contributed by atoms with Crippen LogP contribution in [-0.2, 0) is 28.6 Å². The molecule has 0 aromatic rings. The molecule has 1 fully saturated rings. The van der Waals surface area contributed by atoms with E-state index in [4.69, 9.17) is 19.9 Å². The normalized spacial score (nSPS) is 34.5. The second-order valence-corrected chi connectivity index (χ2v) is 4.27. The first-order valence-electron chi connectivity index (χ1n) is 5.68. The van der Waals surface area contributed by atoms with Gasteiger partial charge in [-0.3, -0.25) is 14.4 Å². The van der Waals surface area contributed by atoms with Gasteiger partial charge >= 0.3 is 11.9 Å². The van der Waals surface area contributed by atoms with Gasteiger partial charge in [0.25, 0.3) is 0 Å². The zero-order valence-electron chi connectivity index (χ0n) is 10.9. The summed E-state index contributed by atoms with van der Waals surface area (Å²) in [6, 6.07) is 0. The number of carbonyl (C=O) groups excluding carboxylic acids is 3. The molecular weight excluding hydrogens is 258 g/mol. The highest BCUT2D eigenvalue weighted by atomic mass is 16.6. The molecule has 0 aliphatic carbocycles. The van der Waals surface area contributed by atoms with Crippen LogP contribution in [0.25, 0.3) is 0 Å². The Kier molecular flexibility index (Phi) is 4.98. The molecule has 5 atom stereocenters. The number of hydrogen-bond donors (Lipinski definition) is 2. The van der Waals surface area contributed by atoms with Crippen molar-refractivity contribution < 1.29 is 33.7 Å². The van der Waals surface area contributed by atoms with Crippen LogP contribution in [0, 0.1) is 0 Å². The maximum absolute atomic E-state index is 11.5. The first-order valence-corrected chi connectivity index (χ1v) is 5.68. The van der Waals surface area contributed by atoms with Gasteiger partial charge in [0, 0.05) is 13.8 Å². The third-order valence-corrected chi connectivity index (χ3v) is 2.60. The van der Waals surface area contributed by atoms with E-state index in [1.54, 1.807) is 0 Å². The fourth-order valence-electron chi connectivity index (χ4n) is 1.86. The summed E-state index contributed by atoms with van der Waals surface area (Å²) in [5.41, 5.74) is 5.51. The lowest BCUT2D eigenvalue weighted by atomic mass is 9.95. The summed E-state index contributed by atoms with van der Waals surface area (Å²) in [6.07, 6.45) is -6.28. The largest absolute Gasteiger partial charge is 0.456 e. The highest BCUT2D eigenvalue weighted by Crippen LogP contribution is 2.25. The molecule has 1 saturated heterocycles. The standard InChI is InChI=1S/C11H17NO7/c1-4(13)8-10(18-6(3)15)9(17-5(2)14)7(16)11(12)19-8/h7-11,16H,12H2,1-3H3/t7-,8?,9-,10-,11-/m1/s1. The van der Waals surface area contributed by atoms with Crippen LogP contribution >= 0.6 is 0 Å². The number of aliphatic hydroxyl groups excluding tert-OH is 1. The van der Waals surface area contributed by atoms with E-state index in [0.717, 1.165) is 13.8 Å². The molecule has 19 heavy (non-hydrogen) atoms. The Bertz CT molecular complexity index is 383. The van der Waals surface area contributed by atoms with Crippen molar-refractivity contribution in [1.29, 1.82) is 0 Å². The summed E-state index contributed by atoms with van der Waals surface area (Å²) in [5.74, 6) is -1.84. The number of aliphatic hydroxyl groups is 1. The van der Waals surface area contributed by atoms with Crippen LogP contribution in [0.1, 0.15) is 20.8 Å². The van der Waals surface area contributed by atoms with Crippen LogP contribution in [-0.4, -0.2) is 53.5 Å². The van der Waals surface area contributed by atoms with Crippen molar-refractivity contribution in [2.45, 2.75) is 51.4 Å². The van der Waals surface area contributed by atoms with Crippen molar-refractivity contribution >= 4 is 17.7 Å². The highest BCUT2D eigenvalue weighted by molar-refractivity contribution is 5.82. The maximum atomic E-state index is 11.5. The minimum absolute atomic E-state index is 0.453. The molecule has 0 amide bonds. The Labute approximate surface area is 109 Å². The van der Waals surface area contributed by atoms with Crippen molar-refractivity contribution in [2.75, 3.05) is 0 Å². The summed E-state index contributed by atoms with van der Waals surface area (Å²) in [6.45, 7) is 3.47. The van der Waals surface area contributed by atoms with Crippen LogP contribution in [0.2, 0.25) is 0 Å². The Morgan fingerprint density at radius 3 is 1.95 bits per heavy atom. The van der Waals surface area contributed by atoms with Gasteiger partial charge in [0.2, 0.25) is 0 Å². The van der Waals surface area contributed by atoms with E-state index in [1.807, 2.05) is 0 Å². The Balaban J connectivity index is 3.04. The molecule has 0 spiro atoms. The van der Waals surface area contributed by atoms with Gasteiger partial charge in [-0.1, -0.05) is 0 Å². The minimum atomic E-state index is -1.40. The van der Waals surface area contributed by atoms with Crippen molar-refractivity contribution in [3.8, 4) is 0 Å². The maximum Gasteiger partial charge on any atom is 0.303 e. The van der Waals surface area contributed by atoms with E-state index in [2.05, 4.69) is 0 Å². The first kappa shape index (κ1) is 15.5. The first-order chi connectivity index (χ1) is 8.73. The molecule has 0 aromatic carbocycles. The van der Waals surface area contributed by atoms with Gasteiger partial charge < -0.3 is 25.1 Å². The lowest BCUT2D eigenvalue weighted by Crippen LogP contribution is -2.64. The third-order valence-electron chi connectivity index (χ3n) is 2.60. The zero-order valence-corrected chi connectivity index (χ0v) is 10.9. The second-order valence-electron chi connectivity index (χ2n) is 4.27. The van der Waals surface area contributed by atoms with Gasteiger partial charge in [0.15, 0.2) is 24.1 Å². The molecule has 1 heterocycles. The molecule has 0 radical (unpaired) electrons. The summed E-state index contributed by atoms with van der Waals surface area (Å²) in [5, 5.41) is 9.84. The van der Waals surface area contributed by atoms with Gasteiger partial charge in [-0.25, -0.2) is 0 Å². The third kappa shape index (κ3) is 3.72. The molecule has 1 aliphatic rings. The van der Waals surface area contributed by atoms with Crippen LogP contribution < -0.4 is 5.73 Å². The number of ketones is 1. The molecule has 1 rings (SSSR count). The van der Waals surface area contributed by atoms with Crippen molar-refractivity contribution in [1.82, 2.24) is 0 Å². The van der Waals surface area contributed by atoms with Crippen molar-refractivity contribution in [3.05, 3.63) is 0 Å². The van der Waals surface area contributed by atoms with Gasteiger partial charge in [-0.05, 0) is 6.92 Å². The molecule has 8 heteroatoms. The van der Waals surface area contributed by atoms with E-state index in [-0.39, 0.29) is 0 Å². The molecule has 8 nitrogen and oxygen atoms in total. The van der Waals surface area contributed by atoms with E-state index < -0.39 is 48.4 Å².